The van der Waals surface area contributed by atoms with Crippen LogP contribution in [0.2, 0.25) is 0 Å². The third-order valence-electron chi connectivity index (χ3n) is 6.00. The summed E-state index contributed by atoms with van der Waals surface area (Å²) >= 11 is 0. The summed E-state index contributed by atoms with van der Waals surface area (Å²) in [5.41, 5.74) is 3.11. The predicted octanol–water partition coefficient (Wildman–Crippen LogP) is 3.63. The van der Waals surface area contributed by atoms with Crippen molar-refractivity contribution in [2.45, 2.75) is 32.6 Å². The number of amides is 3. The van der Waals surface area contributed by atoms with Crippen LogP contribution in [-0.4, -0.2) is 61.3 Å². The van der Waals surface area contributed by atoms with Crippen molar-refractivity contribution >= 4 is 29.1 Å². The topological polar surface area (TPSA) is 81.8 Å². The molecule has 1 fully saturated rings. The number of piperidine rings is 1. The van der Waals surface area contributed by atoms with E-state index in [1.54, 1.807) is 43.3 Å². The lowest BCUT2D eigenvalue weighted by Crippen LogP contribution is -2.37. The van der Waals surface area contributed by atoms with Crippen molar-refractivity contribution in [1.82, 2.24) is 9.80 Å². The van der Waals surface area contributed by atoms with Crippen LogP contribution in [0.1, 0.15) is 42.1 Å². The lowest BCUT2D eigenvalue weighted by atomic mass is 9.98. The Morgan fingerprint density at radius 1 is 1.00 bits per heavy atom. The highest BCUT2D eigenvalue weighted by Crippen LogP contribution is 2.20. The Kier molecular flexibility index (Phi) is 8.46. The maximum Gasteiger partial charge on any atom is 0.253 e. The molecule has 3 amide bonds. The molecule has 0 aromatic heterocycles. The molecular formula is C26H34N4O3. The van der Waals surface area contributed by atoms with E-state index < -0.39 is 0 Å². The summed E-state index contributed by atoms with van der Waals surface area (Å²) in [5.74, 6) is 0.594. The van der Waals surface area contributed by atoms with E-state index in [9.17, 15) is 14.4 Å². The average Bonchev–Trinajstić information content (AvgIpc) is 2.82. The molecule has 0 atom stereocenters. The summed E-state index contributed by atoms with van der Waals surface area (Å²) in [6.45, 7) is 3.89. The van der Waals surface area contributed by atoms with E-state index in [0.29, 0.717) is 30.0 Å². The van der Waals surface area contributed by atoms with Gasteiger partial charge in [0.05, 0.1) is 6.54 Å². The second-order valence-electron chi connectivity index (χ2n) is 8.94. The van der Waals surface area contributed by atoms with Crippen LogP contribution >= 0.6 is 0 Å². The highest BCUT2D eigenvalue weighted by molar-refractivity contribution is 5.98. The first-order valence-corrected chi connectivity index (χ1v) is 11.5. The third-order valence-corrected chi connectivity index (χ3v) is 6.00. The molecule has 2 N–H and O–H groups in total. The van der Waals surface area contributed by atoms with E-state index in [-0.39, 0.29) is 24.3 Å². The fraction of sp³-hybridized carbons (Fsp3) is 0.423. The van der Waals surface area contributed by atoms with E-state index in [2.05, 4.69) is 17.6 Å². The van der Waals surface area contributed by atoms with Crippen molar-refractivity contribution < 1.29 is 14.4 Å². The smallest absolute Gasteiger partial charge is 0.253 e. The number of likely N-dealkylation sites (tertiary alicyclic amines) is 1. The average molecular weight is 451 g/mol. The molecule has 0 bridgehead atoms. The molecule has 3 rings (SSSR count). The molecule has 7 heteroatoms. The number of carbonyl (C=O) groups excluding carboxylic acids is 3. The largest absolute Gasteiger partial charge is 0.376 e. The fourth-order valence-electron chi connectivity index (χ4n) is 3.78. The Morgan fingerprint density at radius 3 is 2.36 bits per heavy atom. The molecule has 0 spiro atoms. The number of carbonyl (C=O) groups is 3. The molecule has 0 radical (unpaired) electrons. The van der Waals surface area contributed by atoms with Crippen LogP contribution in [0, 0.1) is 5.92 Å². The van der Waals surface area contributed by atoms with E-state index >= 15 is 0 Å². The highest BCUT2D eigenvalue weighted by Gasteiger charge is 2.21. The maximum atomic E-state index is 12.8. The second-order valence-corrected chi connectivity index (χ2v) is 8.94. The normalized spacial score (nSPS) is 14.0. The Morgan fingerprint density at radius 2 is 1.70 bits per heavy atom. The van der Waals surface area contributed by atoms with Gasteiger partial charge in [-0.25, -0.2) is 0 Å². The van der Waals surface area contributed by atoms with Crippen LogP contribution in [0.5, 0.6) is 0 Å². The molecule has 0 saturated carbocycles. The minimum atomic E-state index is -0.188. The molecule has 7 nitrogen and oxygen atoms in total. The minimum Gasteiger partial charge on any atom is -0.376 e. The lowest BCUT2D eigenvalue weighted by Gasteiger charge is -2.30. The Hall–Kier alpha value is -3.35. The summed E-state index contributed by atoms with van der Waals surface area (Å²) in [6.07, 6.45) is 3.22. The first kappa shape index (κ1) is 24.3. The monoisotopic (exact) mass is 450 g/mol. The number of hydrogen-bond acceptors (Lipinski definition) is 4. The number of aryl methyl sites for hydroxylation is 1. The van der Waals surface area contributed by atoms with Gasteiger partial charge in [-0.1, -0.05) is 25.1 Å². The fourth-order valence-corrected chi connectivity index (χ4v) is 3.78. The standard InChI is InChI=1S/C26H34N4O3/c1-19-13-15-30(16-14-19)26(33)21-5-4-6-23(17-21)28-24(31)18-27-22-10-7-20(8-11-22)9-12-25(32)29(2)3/h4-8,10-11,17,19,27H,9,12-16,18H2,1-3H3,(H,28,31). The molecule has 0 aliphatic carbocycles. The minimum absolute atomic E-state index is 0.0171. The zero-order chi connectivity index (χ0) is 23.8. The van der Waals surface area contributed by atoms with Crippen LogP contribution in [0.3, 0.4) is 0 Å². The molecule has 2 aromatic rings. The number of rotatable bonds is 8. The molecule has 1 aliphatic rings. The van der Waals surface area contributed by atoms with Crippen LogP contribution in [0.4, 0.5) is 11.4 Å². The third kappa shape index (κ3) is 7.34. The Balaban J connectivity index is 1.47. The van der Waals surface area contributed by atoms with Gasteiger partial charge >= 0.3 is 0 Å². The number of hydrogen-bond donors (Lipinski definition) is 2. The van der Waals surface area contributed by atoms with Gasteiger partial charge in [-0.3, -0.25) is 14.4 Å². The zero-order valence-corrected chi connectivity index (χ0v) is 19.8. The van der Waals surface area contributed by atoms with Gasteiger partial charge in [0.15, 0.2) is 0 Å². The molecule has 176 valence electrons. The first-order chi connectivity index (χ1) is 15.8. The van der Waals surface area contributed by atoms with E-state index in [1.165, 1.54) is 0 Å². The first-order valence-electron chi connectivity index (χ1n) is 11.5. The van der Waals surface area contributed by atoms with Crippen molar-refractivity contribution in [3.8, 4) is 0 Å². The Labute approximate surface area is 196 Å². The van der Waals surface area contributed by atoms with Gasteiger partial charge < -0.3 is 20.4 Å². The van der Waals surface area contributed by atoms with Gasteiger partial charge in [-0.2, -0.15) is 0 Å². The van der Waals surface area contributed by atoms with Crippen LogP contribution in [0.15, 0.2) is 48.5 Å². The van der Waals surface area contributed by atoms with Gasteiger partial charge in [-0.05, 0) is 61.1 Å². The molecule has 0 unspecified atom stereocenters. The SMILES string of the molecule is CC1CCN(C(=O)c2cccc(NC(=O)CNc3ccc(CCC(=O)N(C)C)cc3)c2)CC1. The second kappa shape index (κ2) is 11.5. The summed E-state index contributed by atoms with van der Waals surface area (Å²) in [6, 6.07) is 14.8. The van der Waals surface area contributed by atoms with Crippen LogP contribution in [-0.2, 0) is 16.0 Å². The van der Waals surface area contributed by atoms with E-state index in [0.717, 1.165) is 37.2 Å². The zero-order valence-electron chi connectivity index (χ0n) is 19.8. The summed E-state index contributed by atoms with van der Waals surface area (Å²) < 4.78 is 0. The molecule has 33 heavy (non-hydrogen) atoms. The predicted molar refractivity (Wildman–Crippen MR) is 131 cm³/mol. The van der Waals surface area contributed by atoms with Crippen LogP contribution in [0.25, 0.3) is 0 Å². The van der Waals surface area contributed by atoms with E-state index in [1.807, 2.05) is 29.2 Å². The lowest BCUT2D eigenvalue weighted by molar-refractivity contribution is -0.128. The van der Waals surface area contributed by atoms with Crippen molar-refractivity contribution in [3.63, 3.8) is 0 Å². The summed E-state index contributed by atoms with van der Waals surface area (Å²) in [4.78, 5) is 40.4. The number of benzene rings is 2. The molecule has 2 aromatic carbocycles. The molecule has 1 aliphatic heterocycles. The van der Waals surface area contributed by atoms with Gasteiger partial charge in [-0.15, -0.1) is 0 Å². The molecule has 1 heterocycles. The van der Waals surface area contributed by atoms with Crippen LogP contribution < -0.4 is 10.6 Å². The Bertz CT molecular complexity index is 964. The number of anilines is 2. The van der Waals surface area contributed by atoms with Crippen molar-refractivity contribution in [3.05, 3.63) is 59.7 Å². The quantitative estimate of drug-likeness (QED) is 0.644. The van der Waals surface area contributed by atoms with Gasteiger partial charge in [0, 0.05) is 50.5 Å². The number of nitrogens with zero attached hydrogens (tertiary/aromatic N) is 2. The van der Waals surface area contributed by atoms with Crippen molar-refractivity contribution in [1.29, 1.82) is 0 Å². The summed E-state index contributed by atoms with van der Waals surface area (Å²) in [5, 5.41) is 5.96. The van der Waals surface area contributed by atoms with Crippen molar-refractivity contribution in [2.75, 3.05) is 44.4 Å². The summed E-state index contributed by atoms with van der Waals surface area (Å²) in [7, 11) is 3.51. The maximum absolute atomic E-state index is 12.8. The molecule has 1 saturated heterocycles. The molecular weight excluding hydrogens is 416 g/mol. The van der Waals surface area contributed by atoms with Crippen molar-refractivity contribution in [2.24, 2.45) is 5.92 Å². The van der Waals surface area contributed by atoms with Gasteiger partial charge in [0.25, 0.3) is 5.91 Å². The van der Waals surface area contributed by atoms with E-state index in [4.69, 9.17) is 0 Å². The highest BCUT2D eigenvalue weighted by atomic mass is 16.2. The van der Waals surface area contributed by atoms with Gasteiger partial charge in [0.1, 0.15) is 0 Å². The van der Waals surface area contributed by atoms with Gasteiger partial charge in [0.2, 0.25) is 11.8 Å². The number of nitrogens with one attached hydrogen (secondary N) is 2.